The van der Waals surface area contributed by atoms with Crippen molar-refractivity contribution in [3.63, 3.8) is 0 Å². The minimum absolute atomic E-state index is 0.00420. The Labute approximate surface area is 197 Å². The first-order valence-corrected chi connectivity index (χ1v) is 13.0. The molecule has 3 unspecified atom stereocenters. The van der Waals surface area contributed by atoms with E-state index in [0.717, 1.165) is 61.9 Å². The van der Waals surface area contributed by atoms with E-state index in [0.29, 0.717) is 22.9 Å². The molecule has 1 N–H and O–H groups in total. The zero-order chi connectivity index (χ0) is 22.5. The van der Waals surface area contributed by atoms with Gasteiger partial charge in [0.2, 0.25) is 0 Å². The number of carbonyl (C=O) groups is 1. The quantitative estimate of drug-likeness (QED) is 0.337. The van der Waals surface area contributed by atoms with Gasteiger partial charge in [0.1, 0.15) is 0 Å². The van der Waals surface area contributed by atoms with Crippen molar-refractivity contribution in [3.8, 4) is 11.3 Å². The summed E-state index contributed by atoms with van der Waals surface area (Å²) in [6, 6.07) is 6.62. The third-order valence-corrected chi connectivity index (χ3v) is 8.95. The summed E-state index contributed by atoms with van der Waals surface area (Å²) >= 11 is 5.86. The Balaban J connectivity index is 1.35. The first-order valence-electron chi connectivity index (χ1n) is 12.4. The summed E-state index contributed by atoms with van der Waals surface area (Å²) in [5.74, 6) is 2.94. The minimum Gasteiger partial charge on any atom is -0.350 e. The molecule has 0 saturated heterocycles. The zero-order valence-electron chi connectivity index (χ0n) is 19.7. The molecule has 3 atom stereocenters. The normalized spacial score (nSPS) is 24.6. The van der Waals surface area contributed by atoms with Crippen LogP contribution in [0.2, 0.25) is 0 Å². The number of hydrogen-bond acceptors (Lipinski definition) is 2. The van der Waals surface area contributed by atoms with Crippen molar-refractivity contribution in [1.82, 2.24) is 15.1 Å². The van der Waals surface area contributed by atoms with Crippen LogP contribution < -0.4 is 5.32 Å². The number of aromatic nitrogens is 2. The van der Waals surface area contributed by atoms with Gasteiger partial charge in [-0.3, -0.25) is 9.48 Å². The van der Waals surface area contributed by atoms with Gasteiger partial charge in [-0.2, -0.15) is 5.10 Å². The number of aryl methyl sites for hydroxylation is 2. The van der Waals surface area contributed by atoms with Gasteiger partial charge in [0.05, 0.1) is 5.69 Å². The number of fused-ring (bicyclic) bond motifs is 5. The van der Waals surface area contributed by atoms with E-state index >= 15 is 0 Å². The second-order valence-corrected chi connectivity index (χ2v) is 11.3. The van der Waals surface area contributed by atoms with Crippen molar-refractivity contribution in [3.05, 3.63) is 40.6 Å². The van der Waals surface area contributed by atoms with Crippen LogP contribution in [-0.4, -0.2) is 28.1 Å². The molecule has 1 heterocycles. The number of benzene rings is 1. The number of halogens is 1. The van der Waals surface area contributed by atoms with Gasteiger partial charge in [-0.25, -0.2) is 0 Å². The largest absolute Gasteiger partial charge is 0.350 e. The van der Waals surface area contributed by atoms with Crippen LogP contribution in [0.15, 0.2) is 18.2 Å². The van der Waals surface area contributed by atoms with Crippen LogP contribution in [0, 0.1) is 30.1 Å². The summed E-state index contributed by atoms with van der Waals surface area (Å²) in [4.78, 5) is 13.3. The monoisotopic (exact) mass is 453 g/mol. The van der Waals surface area contributed by atoms with E-state index < -0.39 is 0 Å². The maximum atomic E-state index is 13.3. The van der Waals surface area contributed by atoms with Crippen molar-refractivity contribution < 1.29 is 4.79 Å². The van der Waals surface area contributed by atoms with Crippen LogP contribution in [0.3, 0.4) is 0 Å². The lowest BCUT2D eigenvalue weighted by Crippen LogP contribution is -2.54. The molecule has 1 aromatic carbocycles. The molecule has 0 spiro atoms. The highest BCUT2D eigenvalue weighted by Crippen LogP contribution is 2.61. The maximum absolute atomic E-state index is 13.3. The molecular weight excluding hydrogens is 418 g/mol. The Morgan fingerprint density at radius 2 is 2.09 bits per heavy atom. The standard InChI is InChI=1S/C27H36ClN3O/c1-17-7-10-21-19(13-17)14-22-24(30-31(25(21)22)12-6-4-5-11-28)26(32)29-16-18-8-9-20-15-23(18)27(20,2)3/h7,10,13,18,20,23H,4-6,8-9,11-12,14-16H2,1-3H3,(H,29,32). The van der Waals surface area contributed by atoms with Crippen LogP contribution in [0.5, 0.6) is 0 Å². The highest BCUT2D eigenvalue weighted by molar-refractivity contribution is 6.17. The van der Waals surface area contributed by atoms with Gasteiger partial charge in [0, 0.05) is 36.5 Å². The molecule has 4 nitrogen and oxygen atoms in total. The molecule has 2 aromatic rings. The molecule has 4 aliphatic carbocycles. The molecule has 3 fully saturated rings. The lowest BCUT2D eigenvalue weighted by Gasteiger charge is -2.60. The first kappa shape index (κ1) is 22.0. The van der Waals surface area contributed by atoms with E-state index in [1.807, 2.05) is 0 Å². The zero-order valence-corrected chi connectivity index (χ0v) is 20.5. The number of hydrogen-bond donors (Lipinski definition) is 1. The smallest absolute Gasteiger partial charge is 0.272 e. The highest BCUT2D eigenvalue weighted by Gasteiger charge is 2.54. The number of alkyl halides is 1. The minimum atomic E-state index is 0.00420. The lowest BCUT2D eigenvalue weighted by molar-refractivity contribution is -0.103. The SMILES string of the molecule is Cc1ccc2c(c1)Cc1c(C(=O)NCC3CCC4CC3C4(C)C)nn(CCCCCCl)c1-2. The molecule has 172 valence electrons. The summed E-state index contributed by atoms with van der Waals surface area (Å²) in [6.45, 7) is 8.57. The molecule has 5 heteroatoms. The summed E-state index contributed by atoms with van der Waals surface area (Å²) in [7, 11) is 0. The van der Waals surface area contributed by atoms with Crippen LogP contribution in [0.25, 0.3) is 11.3 Å². The van der Waals surface area contributed by atoms with Gasteiger partial charge in [0.15, 0.2) is 5.69 Å². The molecule has 0 radical (unpaired) electrons. The summed E-state index contributed by atoms with van der Waals surface area (Å²) in [5, 5.41) is 8.13. The average molecular weight is 454 g/mol. The van der Waals surface area contributed by atoms with Gasteiger partial charge in [-0.05, 0) is 67.8 Å². The van der Waals surface area contributed by atoms with Crippen molar-refractivity contribution in [2.75, 3.05) is 12.4 Å². The predicted molar refractivity (Wildman–Crippen MR) is 130 cm³/mol. The molecule has 4 aliphatic rings. The number of rotatable bonds is 8. The molecule has 1 amide bonds. The number of unbranched alkanes of at least 4 members (excludes halogenated alkanes) is 2. The second kappa shape index (κ2) is 8.52. The molecule has 6 rings (SSSR count). The fraction of sp³-hybridized carbons (Fsp3) is 0.630. The van der Waals surface area contributed by atoms with E-state index in [1.165, 1.54) is 36.0 Å². The van der Waals surface area contributed by atoms with Gasteiger partial charge in [-0.15, -0.1) is 11.6 Å². The molecule has 2 bridgehead atoms. The van der Waals surface area contributed by atoms with Gasteiger partial charge < -0.3 is 5.32 Å². The number of nitrogens with one attached hydrogen (secondary N) is 1. The van der Waals surface area contributed by atoms with Crippen molar-refractivity contribution in [2.45, 2.75) is 72.3 Å². The second-order valence-electron chi connectivity index (χ2n) is 10.9. The van der Waals surface area contributed by atoms with E-state index in [4.69, 9.17) is 16.7 Å². The Kier molecular flexibility index (Phi) is 5.86. The number of nitrogens with zero attached hydrogens (tertiary/aromatic N) is 2. The predicted octanol–water partition coefficient (Wildman–Crippen LogP) is 5.97. The van der Waals surface area contributed by atoms with Crippen molar-refractivity contribution >= 4 is 17.5 Å². The van der Waals surface area contributed by atoms with Crippen molar-refractivity contribution in [1.29, 1.82) is 0 Å². The lowest BCUT2D eigenvalue weighted by atomic mass is 9.45. The molecule has 3 saturated carbocycles. The third-order valence-electron chi connectivity index (χ3n) is 8.68. The van der Waals surface area contributed by atoms with E-state index in [2.05, 4.69) is 49.0 Å². The highest BCUT2D eigenvalue weighted by atomic mass is 35.5. The summed E-state index contributed by atoms with van der Waals surface area (Å²) in [5.41, 5.74) is 7.15. The fourth-order valence-corrected chi connectivity index (χ4v) is 6.84. The summed E-state index contributed by atoms with van der Waals surface area (Å²) < 4.78 is 2.08. The van der Waals surface area contributed by atoms with Gasteiger partial charge >= 0.3 is 0 Å². The maximum Gasteiger partial charge on any atom is 0.272 e. The van der Waals surface area contributed by atoms with Gasteiger partial charge in [-0.1, -0.05) is 44.0 Å². The average Bonchev–Trinajstić information content (AvgIpc) is 3.32. The van der Waals surface area contributed by atoms with Crippen molar-refractivity contribution in [2.24, 2.45) is 23.2 Å². The Morgan fingerprint density at radius 1 is 1.25 bits per heavy atom. The fourth-order valence-electron chi connectivity index (χ4n) is 6.65. The first-order chi connectivity index (χ1) is 15.4. The van der Waals surface area contributed by atoms with Crippen LogP contribution in [-0.2, 0) is 13.0 Å². The van der Waals surface area contributed by atoms with Crippen LogP contribution in [0.1, 0.15) is 79.6 Å². The van der Waals surface area contributed by atoms with E-state index in [-0.39, 0.29) is 5.91 Å². The Morgan fingerprint density at radius 3 is 2.84 bits per heavy atom. The van der Waals surface area contributed by atoms with E-state index in [9.17, 15) is 4.79 Å². The molecular formula is C27H36ClN3O. The summed E-state index contributed by atoms with van der Waals surface area (Å²) in [6.07, 6.45) is 7.84. The molecule has 32 heavy (non-hydrogen) atoms. The van der Waals surface area contributed by atoms with Crippen LogP contribution >= 0.6 is 11.6 Å². The molecule has 1 aromatic heterocycles. The van der Waals surface area contributed by atoms with Gasteiger partial charge in [0.25, 0.3) is 5.91 Å². The van der Waals surface area contributed by atoms with Crippen LogP contribution in [0.4, 0.5) is 0 Å². The Bertz CT molecular complexity index is 1020. The van der Waals surface area contributed by atoms with E-state index in [1.54, 1.807) is 0 Å². The topological polar surface area (TPSA) is 46.9 Å². The molecule has 0 aliphatic heterocycles. The Hall–Kier alpha value is -1.81. The third kappa shape index (κ3) is 3.69. The number of carbonyl (C=O) groups excluding carboxylic acids is 1. The number of amides is 1.